The van der Waals surface area contributed by atoms with Crippen LogP contribution in [-0.4, -0.2) is 12.6 Å². The minimum Gasteiger partial charge on any atom is -0.488 e. The van der Waals surface area contributed by atoms with E-state index in [0.29, 0.717) is 11.6 Å². The molecule has 0 spiro atoms. The second-order valence-corrected chi connectivity index (χ2v) is 5.55. The average Bonchev–Trinajstić information content (AvgIpc) is 2.69. The van der Waals surface area contributed by atoms with Crippen molar-refractivity contribution in [3.63, 3.8) is 0 Å². The summed E-state index contributed by atoms with van der Waals surface area (Å²) in [6.07, 6.45) is 0. The number of halogens is 3. The van der Waals surface area contributed by atoms with Crippen molar-refractivity contribution in [1.29, 1.82) is 0 Å². The Hall–Kier alpha value is -3.28. The molecule has 0 bridgehead atoms. The standard InChI is InChI=1S/C21H15F3O3/c1-2-26-20-18(23)15(12-16(22)19(20)24)21(25)27-17-11-7-6-10-14(17)13-8-4-3-5-9-13/h3-12H,2H2,1H3. The van der Waals surface area contributed by atoms with Crippen molar-refractivity contribution >= 4 is 5.97 Å². The molecule has 0 aliphatic rings. The summed E-state index contributed by atoms with van der Waals surface area (Å²) in [6.45, 7) is 1.39. The normalized spacial score (nSPS) is 10.5. The Morgan fingerprint density at radius 1 is 0.926 bits per heavy atom. The Morgan fingerprint density at radius 3 is 2.30 bits per heavy atom. The summed E-state index contributed by atoms with van der Waals surface area (Å²) < 4.78 is 52.0. The summed E-state index contributed by atoms with van der Waals surface area (Å²) in [4.78, 5) is 12.4. The van der Waals surface area contributed by atoms with E-state index in [2.05, 4.69) is 0 Å². The molecule has 0 heterocycles. The quantitative estimate of drug-likeness (QED) is 0.342. The van der Waals surface area contributed by atoms with Crippen LogP contribution in [0.2, 0.25) is 0 Å². The number of para-hydroxylation sites is 1. The fourth-order valence-corrected chi connectivity index (χ4v) is 2.57. The number of carbonyl (C=O) groups excluding carboxylic acids is 1. The van der Waals surface area contributed by atoms with Crippen LogP contribution in [0.25, 0.3) is 11.1 Å². The highest BCUT2D eigenvalue weighted by molar-refractivity contribution is 5.93. The molecular weight excluding hydrogens is 357 g/mol. The summed E-state index contributed by atoms with van der Waals surface area (Å²) in [5.74, 6) is -6.14. The van der Waals surface area contributed by atoms with E-state index in [1.54, 1.807) is 18.2 Å². The molecule has 0 aliphatic carbocycles. The fraction of sp³-hybridized carbons (Fsp3) is 0.0952. The molecule has 0 N–H and O–H groups in total. The van der Waals surface area contributed by atoms with E-state index in [-0.39, 0.29) is 12.4 Å². The van der Waals surface area contributed by atoms with Crippen LogP contribution in [0, 0.1) is 17.5 Å². The number of ether oxygens (including phenoxy) is 2. The van der Waals surface area contributed by atoms with E-state index in [1.807, 2.05) is 30.3 Å². The lowest BCUT2D eigenvalue weighted by Crippen LogP contribution is -2.14. The summed E-state index contributed by atoms with van der Waals surface area (Å²) in [5.41, 5.74) is 0.626. The molecule has 6 heteroatoms. The van der Waals surface area contributed by atoms with Crippen LogP contribution in [-0.2, 0) is 0 Å². The molecule has 3 aromatic carbocycles. The number of hydrogen-bond acceptors (Lipinski definition) is 3. The summed E-state index contributed by atoms with van der Waals surface area (Å²) in [7, 11) is 0. The van der Waals surface area contributed by atoms with E-state index in [1.165, 1.54) is 13.0 Å². The molecule has 138 valence electrons. The third-order valence-corrected chi connectivity index (χ3v) is 3.80. The zero-order chi connectivity index (χ0) is 19.4. The number of carbonyl (C=O) groups is 1. The van der Waals surface area contributed by atoms with Gasteiger partial charge in [0, 0.05) is 5.56 Å². The van der Waals surface area contributed by atoms with Crippen molar-refractivity contribution in [3.8, 4) is 22.6 Å². The Morgan fingerprint density at radius 2 is 1.59 bits per heavy atom. The number of hydrogen-bond donors (Lipinski definition) is 0. The third kappa shape index (κ3) is 3.79. The smallest absolute Gasteiger partial charge is 0.346 e. The van der Waals surface area contributed by atoms with Gasteiger partial charge in [0.1, 0.15) is 11.3 Å². The Kier molecular flexibility index (Phi) is 5.45. The topological polar surface area (TPSA) is 35.5 Å². The molecule has 0 amide bonds. The van der Waals surface area contributed by atoms with Gasteiger partial charge in [0.05, 0.1) is 6.61 Å². The van der Waals surface area contributed by atoms with E-state index in [0.717, 1.165) is 5.56 Å². The van der Waals surface area contributed by atoms with Crippen molar-refractivity contribution in [2.24, 2.45) is 0 Å². The van der Waals surface area contributed by atoms with Gasteiger partial charge in [-0.2, -0.15) is 4.39 Å². The molecule has 3 nitrogen and oxygen atoms in total. The molecular formula is C21H15F3O3. The third-order valence-electron chi connectivity index (χ3n) is 3.80. The van der Waals surface area contributed by atoms with Crippen LogP contribution in [0.4, 0.5) is 13.2 Å². The number of rotatable bonds is 5. The maximum atomic E-state index is 14.4. The van der Waals surface area contributed by atoms with Gasteiger partial charge in [-0.3, -0.25) is 0 Å². The average molecular weight is 372 g/mol. The molecule has 27 heavy (non-hydrogen) atoms. The maximum Gasteiger partial charge on any atom is 0.346 e. The lowest BCUT2D eigenvalue weighted by Gasteiger charge is -2.13. The van der Waals surface area contributed by atoms with E-state index in [9.17, 15) is 18.0 Å². The maximum absolute atomic E-state index is 14.4. The second kappa shape index (κ2) is 7.95. The molecule has 0 aliphatic heterocycles. The predicted octanol–water partition coefficient (Wildman–Crippen LogP) is 5.39. The SMILES string of the molecule is CCOc1c(F)c(F)cc(C(=O)Oc2ccccc2-c2ccccc2)c1F. The highest BCUT2D eigenvalue weighted by Gasteiger charge is 2.25. The molecule has 0 fully saturated rings. The van der Waals surface area contributed by atoms with Gasteiger partial charge in [0.2, 0.25) is 5.82 Å². The van der Waals surface area contributed by atoms with Crippen LogP contribution in [0.1, 0.15) is 17.3 Å². The van der Waals surface area contributed by atoms with Gasteiger partial charge in [-0.1, -0.05) is 48.5 Å². The van der Waals surface area contributed by atoms with Gasteiger partial charge in [-0.25, -0.2) is 13.6 Å². The van der Waals surface area contributed by atoms with Crippen LogP contribution in [0.3, 0.4) is 0 Å². The van der Waals surface area contributed by atoms with Gasteiger partial charge in [-0.05, 0) is 24.6 Å². The minimum absolute atomic E-state index is 0.0946. The highest BCUT2D eigenvalue weighted by Crippen LogP contribution is 2.32. The Bertz CT molecular complexity index is 972. The van der Waals surface area contributed by atoms with Crippen LogP contribution >= 0.6 is 0 Å². The van der Waals surface area contributed by atoms with Crippen LogP contribution in [0.5, 0.6) is 11.5 Å². The molecule has 0 aromatic heterocycles. The van der Waals surface area contributed by atoms with Crippen molar-refractivity contribution in [1.82, 2.24) is 0 Å². The molecule has 0 saturated carbocycles. The molecule has 0 atom stereocenters. The Labute approximate surface area is 154 Å². The van der Waals surface area contributed by atoms with Crippen molar-refractivity contribution < 1.29 is 27.4 Å². The first-order valence-electron chi connectivity index (χ1n) is 8.19. The number of benzene rings is 3. The molecule has 3 rings (SSSR count). The first-order valence-corrected chi connectivity index (χ1v) is 8.19. The van der Waals surface area contributed by atoms with Gasteiger partial charge in [-0.15, -0.1) is 0 Å². The van der Waals surface area contributed by atoms with Gasteiger partial charge >= 0.3 is 5.97 Å². The lowest BCUT2D eigenvalue weighted by atomic mass is 10.0. The van der Waals surface area contributed by atoms with Crippen molar-refractivity contribution in [2.45, 2.75) is 6.92 Å². The van der Waals surface area contributed by atoms with E-state index in [4.69, 9.17) is 9.47 Å². The van der Waals surface area contributed by atoms with E-state index < -0.39 is 34.7 Å². The fourth-order valence-electron chi connectivity index (χ4n) is 2.57. The first-order chi connectivity index (χ1) is 13.0. The summed E-state index contributed by atoms with van der Waals surface area (Å²) >= 11 is 0. The molecule has 0 saturated heterocycles. The molecule has 0 unspecified atom stereocenters. The highest BCUT2D eigenvalue weighted by atomic mass is 19.2. The number of esters is 1. The Balaban J connectivity index is 1.98. The van der Waals surface area contributed by atoms with E-state index >= 15 is 0 Å². The molecule has 0 radical (unpaired) electrons. The van der Waals surface area contributed by atoms with Gasteiger partial charge in [0.25, 0.3) is 0 Å². The summed E-state index contributed by atoms with van der Waals surface area (Å²) in [6, 6.07) is 16.2. The van der Waals surface area contributed by atoms with Crippen molar-refractivity contribution in [2.75, 3.05) is 6.61 Å². The first kappa shape index (κ1) is 18.5. The van der Waals surface area contributed by atoms with Gasteiger partial charge < -0.3 is 9.47 Å². The monoisotopic (exact) mass is 372 g/mol. The van der Waals surface area contributed by atoms with Crippen LogP contribution < -0.4 is 9.47 Å². The predicted molar refractivity (Wildman–Crippen MR) is 94.3 cm³/mol. The van der Waals surface area contributed by atoms with Crippen LogP contribution in [0.15, 0.2) is 60.7 Å². The van der Waals surface area contributed by atoms with Gasteiger partial charge in [0.15, 0.2) is 17.4 Å². The zero-order valence-corrected chi connectivity index (χ0v) is 14.3. The molecule has 3 aromatic rings. The largest absolute Gasteiger partial charge is 0.488 e. The second-order valence-electron chi connectivity index (χ2n) is 5.55. The lowest BCUT2D eigenvalue weighted by molar-refractivity contribution is 0.0728. The zero-order valence-electron chi connectivity index (χ0n) is 14.3. The van der Waals surface area contributed by atoms with Crippen molar-refractivity contribution in [3.05, 3.63) is 83.7 Å². The summed E-state index contributed by atoms with van der Waals surface area (Å²) in [5, 5.41) is 0. The minimum atomic E-state index is -1.49.